The van der Waals surface area contributed by atoms with Gasteiger partial charge in [-0.05, 0) is 19.1 Å². The van der Waals surface area contributed by atoms with Gasteiger partial charge in [-0.3, -0.25) is 0 Å². The van der Waals surface area contributed by atoms with Crippen LogP contribution in [0.5, 0.6) is 5.75 Å². The van der Waals surface area contributed by atoms with Crippen molar-refractivity contribution in [1.82, 2.24) is 4.98 Å². The van der Waals surface area contributed by atoms with Crippen LogP contribution in [-0.2, 0) is 0 Å². The first-order valence-corrected chi connectivity index (χ1v) is 7.47. The summed E-state index contributed by atoms with van der Waals surface area (Å²) in [7, 11) is 0. The number of thiazole rings is 1. The van der Waals surface area contributed by atoms with E-state index in [1.807, 2.05) is 0 Å². The number of phenolic OH excluding ortho intramolecular Hbond substituents is 1. The molecule has 1 aromatic carbocycles. The molecule has 1 aliphatic heterocycles. The Bertz CT molecular complexity index is 775. The van der Waals surface area contributed by atoms with Gasteiger partial charge >= 0.3 is 6.18 Å². The molecule has 0 fully saturated rings. The van der Waals surface area contributed by atoms with Crippen LogP contribution in [0.2, 0.25) is 0 Å². The van der Waals surface area contributed by atoms with E-state index >= 15 is 0 Å². The summed E-state index contributed by atoms with van der Waals surface area (Å²) in [5.74, 6) is -0.0932. The van der Waals surface area contributed by atoms with E-state index in [0.29, 0.717) is 16.3 Å². The summed E-state index contributed by atoms with van der Waals surface area (Å²) in [6.45, 7) is 1.64. The van der Waals surface area contributed by atoms with Gasteiger partial charge in [-0.2, -0.15) is 23.3 Å². The molecule has 23 heavy (non-hydrogen) atoms. The van der Waals surface area contributed by atoms with Crippen LogP contribution in [0.25, 0.3) is 0 Å². The third kappa shape index (κ3) is 2.66. The smallest absolute Gasteiger partial charge is 0.438 e. The summed E-state index contributed by atoms with van der Waals surface area (Å²) in [6.07, 6.45) is -5.67. The van der Waals surface area contributed by atoms with Crippen LogP contribution < -0.4 is 5.01 Å². The van der Waals surface area contributed by atoms with E-state index in [2.05, 4.69) is 10.1 Å². The Labute approximate surface area is 133 Å². The predicted molar refractivity (Wildman–Crippen MR) is 79.6 cm³/mol. The molecule has 0 spiro atoms. The molecular formula is C14H12F3N3O2S. The minimum atomic E-state index is -4.92. The molecule has 1 aliphatic rings. The van der Waals surface area contributed by atoms with E-state index in [1.54, 1.807) is 12.3 Å². The highest BCUT2D eigenvalue weighted by Gasteiger charge is 2.62. The van der Waals surface area contributed by atoms with Gasteiger partial charge in [0.15, 0.2) is 0 Å². The molecule has 3 rings (SSSR count). The lowest BCUT2D eigenvalue weighted by Crippen LogP contribution is -2.55. The van der Waals surface area contributed by atoms with Gasteiger partial charge in [-0.1, -0.05) is 12.1 Å². The molecule has 0 saturated carbocycles. The lowest BCUT2D eigenvalue weighted by Gasteiger charge is -2.32. The number of benzene rings is 1. The number of hydrogen-bond acceptors (Lipinski definition) is 6. The largest absolute Gasteiger partial charge is 0.508 e. The molecule has 9 heteroatoms. The summed E-state index contributed by atoms with van der Waals surface area (Å²) >= 11 is 0.964. The van der Waals surface area contributed by atoms with Crippen LogP contribution in [0.1, 0.15) is 17.7 Å². The Balaban J connectivity index is 2.08. The lowest BCUT2D eigenvalue weighted by atomic mass is 10.0. The predicted octanol–water partition coefficient (Wildman–Crippen LogP) is 3.02. The Kier molecular flexibility index (Phi) is 3.56. The minimum Gasteiger partial charge on any atom is -0.508 e. The number of nitrogens with zero attached hydrogens (tertiary/aromatic N) is 3. The van der Waals surface area contributed by atoms with Crippen molar-refractivity contribution in [2.75, 3.05) is 5.01 Å². The second kappa shape index (κ2) is 5.20. The summed E-state index contributed by atoms with van der Waals surface area (Å²) in [4.78, 5) is 3.98. The topological polar surface area (TPSA) is 69.0 Å². The van der Waals surface area contributed by atoms with Gasteiger partial charge < -0.3 is 10.2 Å². The summed E-state index contributed by atoms with van der Waals surface area (Å²) in [6, 6.07) is 5.71. The number of hydrazone groups is 1. The van der Waals surface area contributed by atoms with Gasteiger partial charge in [-0.15, -0.1) is 11.3 Å². The van der Waals surface area contributed by atoms with Crippen LogP contribution in [0, 0.1) is 6.92 Å². The van der Waals surface area contributed by atoms with Gasteiger partial charge in [0.1, 0.15) is 5.75 Å². The first-order chi connectivity index (χ1) is 10.7. The lowest BCUT2D eigenvalue weighted by molar-refractivity contribution is -0.254. The monoisotopic (exact) mass is 343 g/mol. The fourth-order valence-corrected chi connectivity index (χ4v) is 3.07. The van der Waals surface area contributed by atoms with E-state index in [9.17, 15) is 23.4 Å². The van der Waals surface area contributed by atoms with Crippen LogP contribution in [0.3, 0.4) is 0 Å². The molecular weight excluding hydrogens is 331 g/mol. The Morgan fingerprint density at radius 2 is 2.09 bits per heavy atom. The summed E-state index contributed by atoms with van der Waals surface area (Å²) in [5.41, 5.74) is -2.30. The number of halogens is 3. The third-order valence-electron chi connectivity index (χ3n) is 3.41. The number of phenols is 1. The maximum absolute atomic E-state index is 13.4. The van der Waals surface area contributed by atoms with E-state index in [-0.39, 0.29) is 16.6 Å². The quantitative estimate of drug-likeness (QED) is 0.879. The maximum atomic E-state index is 13.4. The molecule has 0 amide bonds. The van der Waals surface area contributed by atoms with Crippen LogP contribution in [0.4, 0.5) is 18.3 Å². The van der Waals surface area contributed by atoms with Crippen molar-refractivity contribution >= 4 is 22.2 Å². The molecule has 0 aliphatic carbocycles. The molecule has 0 unspecified atom stereocenters. The Morgan fingerprint density at radius 3 is 2.65 bits per heavy atom. The van der Waals surface area contributed by atoms with Gasteiger partial charge in [0, 0.05) is 10.9 Å². The standard InChI is InChI=1S/C14H12F3N3O2S/c1-8-7-23-12(18-8)20-13(22,14(15,16)17)6-11(19-20)9-3-2-4-10(21)5-9/h2-5,7,21-22H,6H2,1H3/t13-/m0/s1. The molecule has 2 aromatic rings. The number of rotatable bonds is 2. The number of aromatic nitrogens is 1. The van der Waals surface area contributed by atoms with Crippen molar-refractivity contribution in [2.24, 2.45) is 5.10 Å². The van der Waals surface area contributed by atoms with E-state index < -0.39 is 18.3 Å². The average molecular weight is 343 g/mol. The normalized spacial score (nSPS) is 21.6. The highest BCUT2D eigenvalue weighted by Crippen LogP contribution is 2.44. The fraction of sp³-hybridized carbons (Fsp3) is 0.286. The van der Waals surface area contributed by atoms with Crippen molar-refractivity contribution in [3.05, 3.63) is 40.9 Å². The van der Waals surface area contributed by atoms with Crippen molar-refractivity contribution in [3.8, 4) is 5.75 Å². The van der Waals surface area contributed by atoms with Crippen molar-refractivity contribution in [2.45, 2.75) is 25.2 Å². The van der Waals surface area contributed by atoms with E-state index in [4.69, 9.17) is 0 Å². The molecule has 1 atom stereocenters. The zero-order valence-electron chi connectivity index (χ0n) is 11.9. The molecule has 0 radical (unpaired) electrons. The van der Waals surface area contributed by atoms with E-state index in [1.165, 1.54) is 24.3 Å². The van der Waals surface area contributed by atoms with Gasteiger partial charge in [0.25, 0.3) is 5.72 Å². The maximum Gasteiger partial charge on any atom is 0.438 e. The number of aryl methyl sites for hydroxylation is 1. The number of anilines is 1. The van der Waals surface area contributed by atoms with Crippen LogP contribution in [-0.4, -0.2) is 32.8 Å². The molecule has 2 N–H and O–H groups in total. The van der Waals surface area contributed by atoms with Crippen molar-refractivity contribution in [3.63, 3.8) is 0 Å². The average Bonchev–Trinajstić information content (AvgIpc) is 3.02. The number of aromatic hydroxyl groups is 1. The van der Waals surface area contributed by atoms with Crippen molar-refractivity contribution < 1.29 is 23.4 Å². The Hall–Kier alpha value is -2.13. The first kappa shape index (κ1) is 15.8. The zero-order chi connectivity index (χ0) is 16.8. The minimum absolute atomic E-state index is 0.0218. The van der Waals surface area contributed by atoms with E-state index in [0.717, 1.165) is 11.3 Å². The Morgan fingerprint density at radius 1 is 1.35 bits per heavy atom. The SMILES string of the molecule is Cc1csc(N2N=C(c3cccc(O)c3)C[C@]2(O)C(F)(F)F)n1. The second-order valence-electron chi connectivity index (χ2n) is 5.17. The molecule has 1 aromatic heterocycles. The molecule has 122 valence electrons. The second-order valence-corrected chi connectivity index (χ2v) is 6.01. The highest BCUT2D eigenvalue weighted by atomic mass is 32.1. The molecule has 0 saturated heterocycles. The van der Waals surface area contributed by atoms with Crippen LogP contribution in [0.15, 0.2) is 34.7 Å². The van der Waals surface area contributed by atoms with Crippen LogP contribution >= 0.6 is 11.3 Å². The molecule has 5 nitrogen and oxygen atoms in total. The van der Waals surface area contributed by atoms with Gasteiger partial charge in [0.05, 0.1) is 17.8 Å². The van der Waals surface area contributed by atoms with Crippen molar-refractivity contribution in [1.29, 1.82) is 0 Å². The number of aliphatic hydroxyl groups is 1. The first-order valence-electron chi connectivity index (χ1n) is 6.59. The van der Waals surface area contributed by atoms with Gasteiger partial charge in [0.2, 0.25) is 5.13 Å². The number of hydrogen-bond donors (Lipinski definition) is 2. The fourth-order valence-electron chi connectivity index (χ4n) is 2.25. The molecule has 0 bridgehead atoms. The summed E-state index contributed by atoms with van der Waals surface area (Å²) < 4.78 is 40.3. The summed E-state index contributed by atoms with van der Waals surface area (Å²) in [5, 5.41) is 25.7. The third-order valence-corrected chi connectivity index (χ3v) is 4.34. The highest BCUT2D eigenvalue weighted by molar-refractivity contribution is 7.13. The zero-order valence-corrected chi connectivity index (χ0v) is 12.7. The number of alkyl halides is 3. The van der Waals surface area contributed by atoms with Gasteiger partial charge in [-0.25, -0.2) is 4.98 Å². The molecule has 2 heterocycles.